The van der Waals surface area contributed by atoms with E-state index in [-0.39, 0.29) is 0 Å². The Kier molecular flexibility index (Phi) is 2.82. The largest absolute Gasteiger partial charge is 0.306 e. The quantitative estimate of drug-likeness (QED) is 0.524. The van der Waals surface area contributed by atoms with Crippen LogP contribution in [0.3, 0.4) is 0 Å². The summed E-state index contributed by atoms with van der Waals surface area (Å²) in [5.74, 6) is 0. The van der Waals surface area contributed by atoms with E-state index in [1.165, 1.54) is 25.9 Å². The molecule has 1 N–H and O–H groups in total. The van der Waals surface area contributed by atoms with E-state index in [4.69, 9.17) is 0 Å². The fourth-order valence-corrected chi connectivity index (χ4v) is 1.40. The van der Waals surface area contributed by atoms with Crippen LogP contribution in [0.1, 0.15) is 12.8 Å². The van der Waals surface area contributed by atoms with Crippen molar-refractivity contribution < 1.29 is 0 Å². The zero-order chi connectivity index (χ0) is 6.69. The molecule has 1 rings (SSSR count). The molecule has 0 aromatic carbocycles. The van der Waals surface area contributed by atoms with Crippen LogP contribution in [-0.2, 0) is 0 Å². The van der Waals surface area contributed by atoms with Crippen LogP contribution in [0.4, 0.5) is 0 Å². The Morgan fingerprint density at radius 3 is 2.44 bits per heavy atom. The number of piperidine rings is 1. The van der Waals surface area contributed by atoms with Gasteiger partial charge >= 0.3 is 0 Å². The Hall–Kier alpha value is 0.270. The molecule has 9 heavy (non-hydrogen) atoms. The molecular weight excluding hydrogens is 132 g/mol. The summed E-state index contributed by atoms with van der Waals surface area (Å²) in [6.07, 6.45) is 2.47. The number of nitrogens with zero attached hydrogens (tertiary/aromatic N) is 1. The Bertz CT molecular complexity index is 79.1. The van der Waals surface area contributed by atoms with Crippen LogP contribution in [0, 0.1) is 0 Å². The topological polar surface area (TPSA) is 15.3 Å². The van der Waals surface area contributed by atoms with E-state index in [1.54, 1.807) is 0 Å². The first-order valence-corrected chi connectivity index (χ1v) is 3.86. The van der Waals surface area contributed by atoms with E-state index < -0.39 is 0 Å². The summed E-state index contributed by atoms with van der Waals surface area (Å²) in [4.78, 5) is 2.35. The van der Waals surface area contributed by atoms with Crippen LogP contribution in [0.2, 0.25) is 0 Å². The molecule has 0 atom stereocenters. The van der Waals surface area contributed by atoms with Gasteiger partial charge in [0, 0.05) is 6.04 Å². The van der Waals surface area contributed by atoms with E-state index in [9.17, 15) is 0 Å². The minimum absolute atomic E-state index is 0.643. The molecular formula is C6H14N2S. The third-order valence-corrected chi connectivity index (χ3v) is 2.27. The monoisotopic (exact) mass is 146 g/mol. The van der Waals surface area contributed by atoms with Gasteiger partial charge in [0.1, 0.15) is 0 Å². The predicted octanol–water partition coefficient (Wildman–Crippen LogP) is 0.515. The van der Waals surface area contributed by atoms with Crippen molar-refractivity contribution in [2.45, 2.75) is 18.9 Å². The molecule has 0 aromatic rings. The second kappa shape index (κ2) is 3.44. The average Bonchev–Trinajstić information content (AvgIpc) is 1.90. The number of thiol groups is 1. The third-order valence-electron chi connectivity index (χ3n) is 1.90. The van der Waals surface area contributed by atoms with Crippen molar-refractivity contribution in [2.75, 3.05) is 20.1 Å². The van der Waals surface area contributed by atoms with Crippen LogP contribution in [0.15, 0.2) is 0 Å². The van der Waals surface area contributed by atoms with E-state index in [1.807, 2.05) is 0 Å². The molecule has 54 valence electrons. The zero-order valence-electron chi connectivity index (χ0n) is 5.80. The number of rotatable bonds is 1. The van der Waals surface area contributed by atoms with Crippen molar-refractivity contribution in [1.82, 2.24) is 9.62 Å². The van der Waals surface area contributed by atoms with Crippen molar-refractivity contribution in [2.24, 2.45) is 0 Å². The SMILES string of the molecule is CN1CCC(NS)CC1. The lowest BCUT2D eigenvalue weighted by atomic mass is 10.1. The van der Waals surface area contributed by atoms with Crippen LogP contribution in [0.25, 0.3) is 0 Å². The third kappa shape index (κ3) is 2.16. The van der Waals surface area contributed by atoms with Crippen molar-refractivity contribution in [3.05, 3.63) is 0 Å². The molecule has 0 aliphatic carbocycles. The normalized spacial score (nSPS) is 24.7. The number of likely N-dealkylation sites (tertiary alicyclic amines) is 1. The summed E-state index contributed by atoms with van der Waals surface area (Å²) in [6.45, 7) is 2.41. The van der Waals surface area contributed by atoms with Gasteiger partial charge in [-0.05, 0) is 33.0 Å². The molecule has 1 aliphatic rings. The van der Waals surface area contributed by atoms with E-state index in [0.717, 1.165) is 0 Å². The van der Waals surface area contributed by atoms with Crippen LogP contribution >= 0.6 is 12.8 Å². The molecule has 0 unspecified atom stereocenters. The lowest BCUT2D eigenvalue weighted by molar-refractivity contribution is 0.250. The summed E-state index contributed by atoms with van der Waals surface area (Å²) in [7, 11) is 2.16. The highest BCUT2D eigenvalue weighted by Gasteiger charge is 2.13. The van der Waals surface area contributed by atoms with Crippen molar-refractivity contribution in [3.8, 4) is 0 Å². The van der Waals surface area contributed by atoms with Gasteiger partial charge in [-0.25, -0.2) is 0 Å². The van der Waals surface area contributed by atoms with Crippen LogP contribution in [0.5, 0.6) is 0 Å². The summed E-state index contributed by atoms with van der Waals surface area (Å²) >= 11 is 4.02. The average molecular weight is 146 g/mol. The van der Waals surface area contributed by atoms with Gasteiger partial charge in [0.15, 0.2) is 0 Å². The summed E-state index contributed by atoms with van der Waals surface area (Å²) < 4.78 is 2.99. The molecule has 0 bridgehead atoms. The van der Waals surface area contributed by atoms with Crippen LogP contribution in [-0.4, -0.2) is 31.1 Å². The highest BCUT2D eigenvalue weighted by molar-refractivity contribution is 7.78. The lowest BCUT2D eigenvalue weighted by Gasteiger charge is -2.27. The van der Waals surface area contributed by atoms with Gasteiger partial charge in [-0.15, -0.1) is 0 Å². The van der Waals surface area contributed by atoms with Gasteiger partial charge in [0.25, 0.3) is 0 Å². The lowest BCUT2D eigenvalue weighted by Crippen LogP contribution is -2.37. The minimum Gasteiger partial charge on any atom is -0.306 e. The van der Waals surface area contributed by atoms with Gasteiger partial charge in [-0.1, -0.05) is 12.8 Å². The molecule has 0 amide bonds. The minimum atomic E-state index is 0.643. The predicted molar refractivity (Wildman–Crippen MR) is 42.6 cm³/mol. The highest BCUT2D eigenvalue weighted by Crippen LogP contribution is 2.07. The van der Waals surface area contributed by atoms with Crippen molar-refractivity contribution >= 4 is 12.8 Å². The molecule has 1 fully saturated rings. The summed E-state index contributed by atoms with van der Waals surface area (Å²) in [5.41, 5.74) is 0. The number of hydrogen-bond acceptors (Lipinski definition) is 3. The Morgan fingerprint density at radius 1 is 1.44 bits per heavy atom. The first-order valence-electron chi connectivity index (χ1n) is 3.41. The van der Waals surface area contributed by atoms with Crippen molar-refractivity contribution in [3.63, 3.8) is 0 Å². The maximum atomic E-state index is 4.02. The fourth-order valence-electron chi connectivity index (χ4n) is 1.14. The van der Waals surface area contributed by atoms with Gasteiger partial charge in [-0.3, -0.25) is 4.72 Å². The molecule has 3 heteroatoms. The smallest absolute Gasteiger partial charge is 0.0193 e. The molecule has 2 nitrogen and oxygen atoms in total. The molecule has 1 saturated heterocycles. The number of nitrogens with one attached hydrogen (secondary N) is 1. The zero-order valence-corrected chi connectivity index (χ0v) is 6.69. The van der Waals surface area contributed by atoms with Gasteiger partial charge in [0.2, 0.25) is 0 Å². The highest BCUT2D eigenvalue weighted by atomic mass is 32.1. The molecule has 1 aliphatic heterocycles. The van der Waals surface area contributed by atoms with E-state index in [0.29, 0.717) is 6.04 Å². The first-order chi connectivity index (χ1) is 4.33. The van der Waals surface area contributed by atoms with Gasteiger partial charge in [0.05, 0.1) is 0 Å². The Balaban J connectivity index is 2.18. The maximum absolute atomic E-state index is 4.02. The van der Waals surface area contributed by atoms with Crippen LogP contribution < -0.4 is 4.72 Å². The fraction of sp³-hybridized carbons (Fsp3) is 1.00. The first kappa shape index (κ1) is 7.38. The Morgan fingerprint density at radius 2 is 2.00 bits per heavy atom. The second-order valence-electron chi connectivity index (χ2n) is 2.71. The second-order valence-corrected chi connectivity index (χ2v) is 2.96. The number of hydrogen-bond donors (Lipinski definition) is 2. The van der Waals surface area contributed by atoms with E-state index >= 15 is 0 Å². The molecule has 0 radical (unpaired) electrons. The summed E-state index contributed by atoms with van der Waals surface area (Å²) in [6, 6.07) is 0.643. The maximum Gasteiger partial charge on any atom is 0.0193 e. The molecule has 0 spiro atoms. The van der Waals surface area contributed by atoms with Crippen molar-refractivity contribution in [1.29, 1.82) is 0 Å². The van der Waals surface area contributed by atoms with Gasteiger partial charge in [-0.2, -0.15) is 0 Å². The standard InChI is InChI=1S/C6H14N2S/c1-8-4-2-6(7-9)3-5-8/h6-7,9H,2-5H2,1H3. The Labute approximate surface area is 62.2 Å². The summed E-state index contributed by atoms with van der Waals surface area (Å²) in [5, 5.41) is 0. The van der Waals surface area contributed by atoms with E-state index in [2.05, 4.69) is 29.5 Å². The molecule has 1 heterocycles. The van der Waals surface area contributed by atoms with Gasteiger partial charge < -0.3 is 4.90 Å². The molecule has 0 saturated carbocycles. The molecule has 0 aromatic heterocycles.